The highest BCUT2D eigenvalue weighted by Gasteiger charge is 2.12. The maximum absolute atomic E-state index is 13.2. The normalized spacial score (nSPS) is 10.9. The van der Waals surface area contributed by atoms with Crippen LogP contribution in [0.3, 0.4) is 0 Å². The molecule has 7 nitrogen and oxygen atoms in total. The van der Waals surface area contributed by atoms with E-state index >= 15 is 0 Å². The maximum atomic E-state index is 13.2. The number of carbonyl (C=O) groups is 1. The molecule has 2 aromatic carbocycles. The lowest BCUT2D eigenvalue weighted by Gasteiger charge is -2.08. The number of nitrogens with zero attached hydrogens (tertiary/aromatic N) is 4. The largest absolute Gasteiger partial charge is 0.470 e. The van der Waals surface area contributed by atoms with Crippen LogP contribution in [-0.2, 0) is 13.3 Å². The highest BCUT2D eigenvalue weighted by atomic mass is 79.9. The highest BCUT2D eigenvalue weighted by Crippen LogP contribution is 2.28. The summed E-state index contributed by atoms with van der Waals surface area (Å²) in [5.41, 5.74) is 1.41. The van der Waals surface area contributed by atoms with Gasteiger partial charge in [-0.1, -0.05) is 45.2 Å². The molecule has 0 aliphatic rings. The van der Waals surface area contributed by atoms with Gasteiger partial charge in [-0.3, -0.25) is 9.48 Å². The molecule has 0 atom stereocenters. The number of hydrogen-bond donors (Lipinski definition) is 1. The molecule has 0 spiro atoms. The van der Waals surface area contributed by atoms with Gasteiger partial charge < -0.3 is 10.1 Å². The molecule has 0 saturated heterocycles. The van der Waals surface area contributed by atoms with Crippen LogP contribution in [0.25, 0.3) is 0 Å². The first-order chi connectivity index (χ1) is 15.4. The zero-order valence-corrected chi connectivity index (χ0v) is 19.4. The molecule has 1 N–H and O–H groups in total. The molecule has 164 valence electrons. The molecular formula is C21H15BrCl2FN5O2. The van der Waals surface area contributed by atoms with Gasteiger partial charge in [0.05, 0.1) is 23.5 Å². The molecule has 2 aromatic heterocycles. The molecule has 4 rings (SSSR count). The van der Waals surface area contributed by atoms with Crippen molar-refractivity contribution in [3.8, 4) is 5.75 Å². The number of aromatic nitrogens is 4. The first kappa shape index (κ1) is 22.3. The summed E-state index contributed by atoms with van der Waals surface area (Å²) >= 11 is 15.5. The minimum absolute atomic E-state index is 0.0883. The van der Waals surface area contributed by atoms with E-state index in [1.165, 1.54) is 23.0 Å². The lowest BCUT2D eigenvalue weighted by Crippen LogP contribution is -2.14. The predicted molar refractivity (Wildman–Crippen MR) is 123 cm³/mol. The number of carbonyl (C=O) groups excluding carboxylic acids is 1. The highest BCUT2D eigenvalue weighted by molar-refractivity contribution is 9.10. The molecule has 2 heterocycles. The second kappa shape index (κ2) is 9.72. The van der Waals surface area contributed by atoms with Crippen molar-refractivity contribution in [3.05, 3.63) is 92.6 Å². The van der Waals surface area contributed by atoms with Crippen molar-refractivity contribution in [1.82, 2.24) is 19.6 Å². The lowest BCUT2D eigenvalue weighted by molar-refractivity contribution is 0.102. The Morgan fingerprint density at radius 1 is 1.12 bits per heavy atom. The molecule has 0 radical (unpaired) electrons. The number of amides is 1. The molecule has 0 fully saturated rings. The number of benzene rings is 2. The summed E-state index contributed by atoms with van der Waals surface area (Å²) in [6, 6.07) is 11.0. The van der Waals surface area contributed by atoms with Crippen molar-refractivity contribution in [2.75, 3.05) is 5.32 Å². The summed E-state index contributed by atoms with van der Waals surface area (Å²) < 4.78 is 22.7. The van der Waals surface area contributed by atoms with E-state index in [9.17, 15) is 9.18 Å². The summed E-state index contributed by atoms with van der Waals surface area (Å²) in [5.74, 6) is -0.299. The number of ether oxygens (including phenoxy) is 1. The summed E-state index contributed by atoms with van der Waals surface area (Å²) in [4.78, 5) is 12.5. The van der Waals surface area contributed by atoms with Gasteiger partial charge in [-0.25, -0.2) is 9.07 Å². The maximum Gasteiger partial charge on any atom is 0.276 e. The van der Waals surface area contributed by atoms with Gasteiger partial charge in [0.2, 0.25) is 0 Å². The van der Waals surface area contributed by atoms with Crippen LogP contribution in [0.1, 0.15) is 16.1 Å². The van der Waals surface area contributed by atoms with Gasteiger partial charge in [-0.15, -0.1) is 0 Å². The SMILES string of the molecule is O=C(Nc1cnn(Cc2ccc(F)cc2Cl)c1)c1ccn(COc2ccc(Br)cc2Cl)n1. The number of hydrogen-bond acceptors (Lipinski definition) is 4. The van der Waals surface area contributed by atoms with Crippen molar-refractivity contribution < 1.29 is 13.9 Å². The van der Waals surface area contributed by atoms with E-state index in [2.05, 4.69) is 31.4 Å². The van der Waals surface area contributed by atoms with Crippen LogP contribution in [0.5, 0.6) is 5.75 Å². The van der Waals surface area contributed by atoms with E-state index in [0.717, 1.165) is 4.47 Å². The van der Waals surface area contributed by atoms with Crippen molar-refractivity contribution in [1.29, 1.82) is 0 Å². The molecule has 0 saturated carbocycles. The molecule has 0 aliphatic carbocycles. The zero-order valence-electron chi connectivity index (χ0n) is 16.3. The third-order valence-electron chi connectivity index (χ3n) is 4.36. The van der Waals surface area contributed by atoms with Gasteiger partial charge in [0.15, 0.2) is 12.4 Å². The van der Waals surface area contributed by atoms with E-state index in [1.807, 2.05) is 6.07 Å². The van der Waals surface area contributed by atoms with Crippen molar-refractivity contribution in [2.24, 2.45) is 0 Å². The molecule has 0 unspecified atom stereocenters. The smallest absolute Gasteiger partial charge is 0.276 e. The quantitative estimate of drug-likeness (QED) is 0.331. The molecule has 0 bridgehead atoms. The van der Waals surface area contributed by atoms with Gasteiger partial charge in [-0.05, 0) is 42.0 Å². The fourth-order valence-corrected chi connectivity index (χ4v) is 3.77. The van der Waals surface area contributed by atoms with E-state index < -0.39 is 11.7 Å². The third kappa shape index (κ3) is 5.48. The van der Waals surface area contributed by atoms with Crippen LogP contribution < -0.4 is 10.1 Å². The summed E-state index contributed by atoms with van der Waals surface area (Å²) in [7, 11) is 0. The zero-order chi connectivity index (χ0) is 22.7. The van der Waals surface area contributed by atoms with Gasteiger partial charge in [0.1, 0.15) is 11.6 Å². The Hall–Kier alpha value is -2.88. The molecule has 11 heteroatoms. The van der Waals surface area contributed by atoms with Crippen LogP contribution >= 0.6 is 39.1 Å². The Balaban J connectivity index is 1.35. The first-order valence-corrected chi connectivity index (χ1v) is 10.8. The summed E-state index contributed by atoms with van der Waals surface area (Å²) in [5, 5.41) is 11.9. The van der Waals surface area contributed by atoms with E-state index in [0.29, 0.717) is 33.6 Å². The molecule has 4 aromatic rings. The minimum atomic E-state index is -0.406. The van der Waals surface area contributed by atoms with Crippen LogP contribution in [-0.4, -0.2) is 25.5 Å². The van der Waals surface area contributed by atoms with E-state index in [4.69, 9.17) is 27.9 Å². The Morgan fingerprint density at radius 3 is 2.75 bits per heavy atom. The average molecular weight is 539 g/mol. The number of halogens is 4. The van der Waals surface area contributed by atoms with Gasteiger partial charge in [0, 0.05) is 21.9 Å². The standard InChI is InChI=1S/C21H15BrCl2FN5O2/c22-14-2-4-20(18(24)7-14)32-12-29-6-5-19(28-29)21(31)27-16-9-26-30(11-16)10-13-1-3-15(25)8-17(13)23/h1-9,11H,10,12H2,(H,27,31). The Morgan fingerprint density at radius 2 is 1.97 bits per heavy atom. The van der Waals surface area contributed by atoms with Crippen LogP contribution in [0.2, 0.25) is 10.0 Å². The monoisotopic (exact) mass is 537 g/mol. The van der Waals surface area contributed by atoms with Crippen molar-refractivity contribution >= 4 is 50.7 Å². The van der Waals surface area contributed by atoms with Crippen molar-refractivity contribution in [3.63, 3.8) is 0 Å². The number of rotatable bonds is 7. The molecule has 0 aliphatic heterocycles. The third-order valence-corrected chi connectivity index (χ3v) is 5.50. The molecular weight excluding hydrogens is 524 g/mol. The fourth-order valence-electron chi connectivity index (χ4n) is 2.82. The minimum Gasteiger partial charge on any atom is -0.470 e. The topological polar surface area (TPSA) is 74.0 Å². The van der Waals surface area contributed by atoms with E-state index in [1.54, 1.807) is 41.3 Å². The fraction of sp³-hybridized carbons (Fsp3) is 0.0952. The average Bonchev–Trinajstić information content (AvgIpc) is 3.39. The second-order valence-electron chi connectivity index (χ2n) is 6.71. The second-order valence-corrected chi connectivity index (χ2v) is 8.44. The molecule has 32 heavy (non-hydrogen) atoms. The van der Waals surface area contributed by atoms with Crippen molar-refractivity contribution in [2.45, 2.75) is 13.3 Å². The Kier molecular flexibility index (Phi) is 6.78. The molecule has 1 amide bonds. The Labute approximate surface area is 200 Å². The van der Waals surface area contributed by atoms with Gasteiger partial charge >= 0.3 is 0 Å². The van der Waals surface area contributed by atoms with Crippen LogP contribution in [0.15, 0.2) is 65.5 Å². The first-order valence-electron chi connectivity index (χ1n) is 9.26. The summed E-state index contributed by atoms with van der Waals surface area (Å²) in [6.07, 6.45) is 4.78. The summed E-state index contributed by atoms with van der Waals surface area (Å²) in [6.45, 7) is 0.421. The Bertz CT molecular complexity index is 1280. The van der Waals surface area contributed by atoms with Crippen LogP contribution in [0.4, 0.5) is 10.1 Å². The van der Waals surface area contributed by atoms with Gasteiger partial charge in [-0.2, -0.15) is 10.2 Å². The van der Waals surface area contributed by atoms with Gasteiger partial charge in [0.25, 0.3) is 5.91 Å². The van der Waals surface area contributed by atoms with E-state index in [-0.39, 0.29) is 12.4 Å². The van der Waals surface area contributed by atoms with Crippen LogP contribution in [0, 0.1) is 5.82 Å². The number of nitrogens with one attached hydrogen (secondary N) is 1. The lowest BCUT2D eigenvalue weighted by atomic mass is 10.2. The number of anilines is 1. The predicted octanol–water partition coefficient (Wildman–Crippen LogP) is 5.63.